The number of halogens is 1. The monoisotopic (exact) mass is 327 g/mol. The number of amides is 1. The number of carboxylic acid groups (broad SMARTS) is 1. The number of benzene rings is 1. The lowest BCUT2D eigenvalue weighted by Crippen LogP contribution is -2.41. The second kappa shape index (κ2) is 7.80. The van der Waals surface area contributed by atoms with Crippen LogP contribution in [0.3, 0.4) is 0 Å². The molecular formula is C16H22FNO5. The van der Waals surface area contributed by atoms with E-state index >= 15 is 0 Å². The summed E-state index contributed by atoms with van der Waals surface area (Å²) in [7, 11) is 1.36. The van der Waals surface area contributed by atoms with Crippen LogP contribution in [0.2, 0.25) is 0 Å². The summed E-state index contributed by atoms with van der Waals surface area (Å²) in [5, 5.41) is 11.5. The van der Waals surface area contributed by atoms with E-state index in [1.54, 1.807) is 26.8 Å². The van der Waals surface area contributed by atoms with Crippen LogP contribution in [-0.4, -0.2) is 35.9 Å². The quantitative estimate of drug-likeness (QED) is 0.839. The molecule has 0 aromatic heterocycles. The summed E-state index contributed by atoms with van der Waals surface area (Å²) in [5.74, 6) is -1.51. The van der Waals surface area contributed by atoms with Gasteiger partial charge in [0, 0.05) is 6.04 Å². The van der Waals surface area contributed by atoms with Crippen LogP contribution in [0.15, 0.2) is 18.2 Å². The number of hydrogen-bond acceptors (Lipinski definition) is 4. The number of alkyl carbamates (subject to hydrolysis) is 1. The van der Waals surface area contributed by atoms with Crippen molar-refractivity contribution in [2.24, 2.45) is 0 Å². The van der Waals surface area contributed by atoms with E-state index in [2.05, 4.69) is 5.32 Å². The Kier molecular flexibility index (Phi) is 6.36. The average molecular weight is 327 g/mol. The molecule has 1 rings (SSSR count). The zero-order valence-electron chi connectivity index (χ0n) is 13.7. The summed E-state index contributed by atoms with van der Waals surface area (Å²) < 4.78 is 23.6. The molecule has 0 aliphatic carbocycles. The van der Waals surface area contributed by atoms with E-state index < -0.39 is 29.5 Å². The largest absolute Gasteiger partial charge is 0.494 e. The Labute approximate surface area is 134 Å². The summed E-state index contributed by atoms with van der Waals surface area (Å²) in [6.45, 7) is 5.12. The maximum Gasteiger partial charge on any atom is 0.407 e. The molecule has 128 valence electrons. The number of ether oxygens (including phenoxy) is 2. The van der Waals surface area contributed by atoms with Gasteiger partial charge in [-0.3, -0.25) is 4.79 Å². The predicted octanol–water partition coefficient (Wildman–Crippen LogP) is 2.74. The van der Waals surface area contributed by atoms with Crippen molar-refractivity contribution in [3.63, 3.8) is 0 Å². The number of carbonyl (C=O) groups is 2. The standard InChI is InChI=1S/C16H22FNO5/c1-16(2,3)23-15(21)18-11(9-14(19)20)7-10-5-6-13(22-4)12(17)8-10/h5-6,8,11H,7,9H2,1-4H3,(H,18,21)(H,19,20). The van der Waals surface area contributed by atoms with Crippen molar-refractivity contribution in [3.8, 4) is 5.75 Å². The number of methoxy groups -OCH3 is 1. The summed E-state index contributed by atoms with van der Waals surface area (Å²) >= 11 is 0. The van der Waals surface area contributed by atoms with E-state index in [1.807, 2.05) is 0 Å². The molecular weight excluding hydrogens is 305 g/mol. The molecule has 7 heteroatoms. The maximum atomic E-state index is 13.7. The van der Waals surface area contributed by atoms with Crippen molar-refractivity contribution in [2.45, 2.75) is 45.3 Å². The van der Waals surface area contributed by atoms with E-state index in [1.165, 1.54) is 19.2 Å². The fraction of sp³-hybridized carbons (Fsp3) is 0.500. The SMILES string of the molecule is COc1ccc(CC(CC(=O)O)NC(=O)OC(C)(C)C)cc1F. The van der Waals surface area contributed by atoms with Crippen molar-refractivity contribution in [2.75, 3.05) is 7.11 Å². The zero-order valence-corrected chi connectivity index (χ0v) is 13.7. The van der Waals surface area contributed by atoms with E-state index in [-0.39, 0.29) is 18.6 Å². The van der Waals surface area contributed by atoms with Crippen LogP contribution >= 0.6 is 0 Å². The lowest BCUT2D eigenvalue weighted by atomic mass is 10.0. The Balaban J connectivity index is 2.80. The van der Waals surface area contributed by atoms with Crippen molar-refractivity contribution in [1.82, 2.24) is 5.32 Å². The first-order valence-corrected chi connectivity index (χ1v) is 7.14. The first-order chi connectivity index (χ1) is 10.6. The smallest absolute Gasteiger partial charge is 0.407 e. The molecule has 1 aromatic carbocycles. The second-order valence-electron chi connectivity index (χ2n) is 6.11. The van der Waals surface area contributed by atoms with Gasteiger partial charge < -0.3 is 19.9 Å². The maximum absolute atomic E-state index is 13.7. The molecule has 23 heavy (non-hydrogen) atoms. The van der Waals surface area contributed by atoms with Gasteiger partial charge in [0.25, 0.3) is 0 Å². The molecule has 0 bridgehead atoms. The van der Waals surface area contributed by atoms with Gasteiger partial charge in [-0.05, 0) is 44.9 Å². The van der Waals surface area contributed by atoms with Gasteiger partial charge in [0.2, 0.25) is 0 Å². The van der Waals surface area contributed by atoms with Crippen LogP contribution in [0.4, 0.5) is 9.18 Å². The summed E-state index contributed by atoms with van der Waals surface area (Å²) in [5.41, 5.74) is -0.144. The first kappa shape index (κ1) is 18.7. The van der Waals surface area contributed by atoms with Gasteiger partial charge in [-0.15, -0.1) is 0 Å². The van der Waals surface area contributed by atoms with Crippen molar-refractivity contribution in [1.29, 1.82) is 0 Å². The highest BCUT2D eigenvalue weighted by molar-refractivity contribution is 5.71. The van der Waals surface area contributed by atoms with E-state index in [4.69, 9.17) is 14.6 Å². The third-order valence-electron chi connectivity index (χ3n) is 2.84. The predicted molar refractivity (Wildman–Crippen MR) is 82.1 cm³/mol. The van der Waals surface area contributed by atoms with Gasteiger partial charge in [0.1, 0.15) is 5.60 Å². The molecule has 1 aromatic rings. The molecule has 0 spiro atoms. The van der Waals surface area contributed by atoms with Gasteiger partial charge in [-0.2, -0.15) is 0 Å². The Morgan fingerprint density at radius 3 is 2.48 bits per heavy atom. The molecule has 2 N–H and O–H groups in total. The average Bonchev–Trinajstić information content (AvgIpc) is 2.35. The molecule has 0 fully saturated rings. The molecule has 0 radical (unpaired) electrons. The molecule has 0 aliphatic rings. The van der Waals surface area contributed by atoms with Crippen LogP contribution in [0, 0.1) is 5.82 Å². The second-order valence-corrected chi connectivity index (χ2v) is 6.11. The van der Waals surface area contributed by atoms with E-state index in [0.29, 0.717) is 5.56 Å². The minimum atomic E-state index is -1.07. The normalized spacial score (nSPS) is 12.4. The van der Waals surface area contributed by atoms with Crippen LogP contribution in [0.5, 0.6) is 5.75 Å². The molecule has 0 aliphatic heterocycles. The lowest BCUT2D eigenvalue weighted by molar-refractivity contribution is -0.137. The molecule has 6 nitrogen and oxygen atoms in total. The van der Waals surface area contributed by atoms with Gasteiger partial charge in [-0.25, -0.2) is 9.18 Å². The minimum Gasteiger partial charge on any atom is -0.494 e. The van der Waals surface area contributed by atoms with Gasteiger partial charge in [0.15, 0.2) is 11.6 Å². The molecule has 1 unspecified atom stereocenters. The molecule has 1 atom stereocenters. The summed E-state index contributed by atoms with van der Waals surface area (Å²) in [6, 6.07) is 3.61. The molecule has 1 amide bonds. The van der Waals surface area contributed by atoms with E-state index in [9.17, 15) is 14.0 Å². The Hall–Kier alpha value is -2.31. The molecule has 0 heterocycles. The van der Waals surface area contributed by atoms with Crippen molar-refractivity contribution in [3.05, 3.63) is 29.6 Å². The summed E-state index contributed by atoms with van der Waals surface area (Å²) in [6.07, 6.45) is -0.850. The molecule has 0 saturated heterocycles. The third kappa shape index (κ3) is 6.99. The Morgan fingerprint density at radius 1 is 1.35 bits per heavy atom. The zero-order chi connectivity index (χ0) is 17.6. The number of carboxylic acids is 1. The minimum absolute atomic E-state index is 0.101. The van der Waals surface area contributed by atoms with Gasteiger partial charge in [0.05, 0.1) is 13.5 Å². The Bertz CT molecular complexity index is 568. The number of carbonyl (C=O) groups excluding carboxylic acids is 1. The van der Waals surface area contributed by atoms with Crippen LogP contribution in [0.1, 0.15) is 32.8 Å². The number of nitrogens with one attached hydrogen (secondary N) is 1. The topological polar surface area (TPSA) is 84.9 Å². The van der Waals surface area contributed by atoms with Crippen LogP contribution in [-0.2, 0) is 16.0 Å². The third-order valence-corrected chi connectivity index (χ3v) is 2.84. The van der Waals surface area contributed by atoms with E-state index in [0.717, 1.165) is 0 Å². The lowest BCUT2D eigenvalue weighted by Gasteiger charge is -2.23. The Morgan fingerprint density at radius 2 is 2.00 bits per heavy atom. The highest BCUT2D eigenvalue weighted by atomic mass is 19.1. The fourth-order valence-corrected chi connectivity index (χ4v) is 1.98. The number of hydrogen-bond donors (Lipinski definition) is 2. The van der Waals surface area contributed by atoms with Gasteiger partial charge in [-0.1, -0.05) is 6.07 Å². The highest BCUT2D eigenvalue weighted by Crippen LogP contribution is 2.19. The molecule has 0 saturated carbocycles. The van der Waals surface area contributed by atoms with Crippen molar-refractivity contribution >= 4 is 12.1 Å². The number of rotatable bonds is 6. The van der Waals surface area contributed by atoms with Crippen LogP contribution < -0.4 is 10.1 Å². The number of aliphatic carboxylic acids is 1. The van der Waals surface area contributed by atoms with Crippen LogP contribution in [0.25, 0.3) is 0 Å². The van der Waals surface area contributed by atoms with Crippen molar-refractivity contribution < 1.29 is 28.6 Å². The summed E-state index contributed by atoms with van der Waals surface area (Å²) in [4.78, 5) is 22.7. The fourth-order valence-electron chi connectivity index (χ4n) is 1.98. The first-order valence-electron chi connectivity index (χ1n) is 7.14. The van der Waals surface area contributed by atoms with Gasteiger partial charge >= 0.3 is 12.1 Å². The highest BCUT2D eigenvalue weighted by Gasteiger charge is 2.22.